The van der Waals surface area contributed by atoms with E-state index < -0.39 is 47.9 Å². The molecule has 0 unspecified atom stereocenters. The zero-order chi connectivity index (χ0) is 41.4. The van der Waals surface area contributed by atoms with E-state index in [2.05, 4.69) is 20.6 Å². The van der Waals surface area contributed by atoms with Gasteiger partial charge in [-0.25, -0.2) is 32.7 Å². The van der Waals surface area contributed by atoms with Crippen LogP contribution in [0.2, 0.25) is 0 Å². The van der Waals surface area contributed by atoms with Gasteiger partial charge < -0.3 is 30.3 Å². The highest BCUT2D eigenvalue weighted by molar-refractivity contribution is 5.94. The SMILES string of the molecule is O=C(O)c1cccnc1Nc1c(F)cc(-c2cccc(OC3CCC3)c2)cc1F.O=C(O)c1cccnc1Nc1ccc(-c2cccc(OCC(F)(F)F)c2)cc1F. The van der Waals surface area contributed by atoms with Gasteiger partial charge in [0.25, 0.3) is 0 Å². The molecule has 4 aromatic carbocycles. The number of benzene rings is 4. The van der Waals surface area contributed by atoms with Gasteiger partial charge in [-0.2, -0.15) is 13.2 Å². The Labute approximate surface area is 326 Å². The van der Waals surface area contributed by atoms with Gasteiger partial charge in [0.1, 0.15) is 57.4 Å². The molecule has 0 aliphatic heterocycles. The number of aromatic carboxylic acids is 2. The van der Waals surface area contributed by atoms with Gasteiger partial charge in [-0.05, 0) is 114 Å². The smallest absolute Gasteiger partial charge is 0.422 e. The lowest BCUT2D eigenvalue weighted by molar-refractivity contribution is -0.153. The van der Waals surface area contributed by atoms with Gasteiger partial charge in [0.05, 0.1) is 11.8 Å². The second-order valence-corrected chi connectivity index (χ2v) is 12.8. The van der Waals surface area contributed by atoms with Crippen molar-refractivity contribution in [2.45, 2.75) is 31.5 Å². The molecule has 0 spiro atoms. The molecule has 1 aliphatic carbocycles. The molecule has 0 radical (unpaired) electrons. The minimum atomic E-state index is -4.46. The Morgan fingerprint density at radius 2 is 1.19 bits per heavy atom. The van der Waals surface area contributed by atoms with E-state index in [-0.39, 0.29) is 40.3 Å². The molecular weight excluding hydrogens is 770 g/mol. The molecule has 0 bridgehead atoms. The van der Waals surface area contributed by atoms with E-state index in [0.29, 0.717) is 28.0 Å². The number of rotatable bonds is 12. The quantitative estimate of drug-likeness (QED) is 0.0883. The number of alkyl halides is 3. The lowest BCUT2D eigenvalue weighted by Gasteiger charge is -2.26. The van der Waals surface area contributed by atoms with Crippen molar-refractivity contribution in [3.8, 4) is 33.8 Å². The third-order valence-corrected chi connectivity index (χ3v) is 8.68. The first kappa shape index (κ1) is 40.6. The lowest BCUT2D eigenvalue weighted by Crippen LogP contribution is -2.24. The summed E-state index contributed by atoms with van der Waals surface area (Å²) in [7, 11) is 0. The van der Waals surface area contributed by atoms with Gasteiger partial charge in [-0.15, -0.1) is 0 Å². The summed E-state index contributed by atoms with van der Waals surface area (Å²) in [5.74, 6) is -4.35. The average molecular weight is 803 g/mol. The maximum atomic E-state index is 14.7. The number of nitrogens with zero attached hydrogens (tertiary/aromatic N) is 2. The van der Waals surface area contributed by atoms with Crippen LogP contribution in [0.15, 0.2) is 116 Å². The van der Waals surface area contributed by atoms with E-state index in [1.807, 2.05) is 6.07 Å². The second-order valence-electron chi connectivity index (χ2n) is 12.8. The topological polar surface area (TPSA) is 143 Å². The highest BCUT2D eigenvalue weighted by atomic mass is 19.4. The highest BCUT2D eigenvalue weighted by Crippen LogP contribution is 2.34. The van der Waals surface area contributed by atoms with E-state index in [4.69, 9.17) is 14.6 Å². The van der Waals surface area contributed by atoms with Gasteiger partial charge in [-0.1, -0.05) is 30.3 Å². The standard InChI is InChI=1S/C22H18F2N2O3.C20H14F4N2O3/c23-18-11-14(13-4-1-7-16(10-13)29-15-5-2-6-15)12-19(24)20(18)26-21-17(22(27)28)8-3-9-25-21;21-16-10-13(12-3-1-4-14(9-12)29-11-20(22,23)24)6-7-17(16)26-18-15(19(27)28)5-2-8-25-18/h1,3-4,7-12,15H,2,5-6H2,(H,25,26)(H,27,28);1-10H,11H2,(H,25,26)(H,27,28). The number of nitrogens with one attached hydrogen (secondary N) is 2. The molecule has 58 heavy (non-hydrogen) atoms. The molecule has 2 heterocycles. The number of anilines is 4. The summed E-state index contributed by atoms with van der Waals surface area (Å²) in [5.41, 5.74) is 1.07. The molecule has 1 aliphatic rings. The summed E-state index contributed by atoms with van der Waals surface area (Å²) < 4.78 is 91.3. The number of aromatic nitrogens is 2. The van der Waals surface area contributed by atoms with Crippen LogP contribution in [0.4, 0.5) is 49.4 Å². The molecular formula is C42H32F6N4O6. The molecule has 6 aromatic rings. The van der Waals surface area contributed by atoms with Crippen LogP contribution in [-0.4, -0.2) is 51.0 Å². The summed E-state index contributed by atoms with van der Waals surface area (Å²) in [6, 6.07) is 24.9. The van der Waals surface area contributed by atoms with Crippen molar-refractivity contribution in [3.05, 3.63) is 144 Å². The molecule has 0 amide bonds. The molecule has 0 atom stereocenters. The fourth-order valence-corrected chi connectivity index (χ4v) is 5.62. The Balaban J connectivity index is 0.000000196. The van der Waals surface area contributed by atoms with E-state index in [1.165, 1.54) is 85.2 Å². The van der Waals surface area contributed by atoms with Crippen molar-refractivity contribution in [1.29, 1.82) is 0 Å². The molecule has 2 aromatic heterocycles. The van der Waals surface area contributed by atoms with Crippen LogP contribution in [0.3, 0.4) is 0 Å². The van der Waals surface area contributed by atoms with Gasteiger partial charge >= 0.3 is 18.1 Å². The number of ether oxygens (including phenoxy) is 2. The van der Waals surface area contributed by atoms with Crippen molar-refractivity contribution in [1.82, 2.24) is 9.97 Å². The molecule has 298 valence electrons. The molecule has 1 fully saturated rings. The normalized spacial score (nSPS) is 12.4. The average Bonchev–Trinajstić information content (AvgIpc) is 3.18. The van der Waals surface area contributed by atoms with E-state index in [0.717, 1.165) is 19.3 Å². The molecule has 16 heteroatoms. The molecule has 4 N–H and O–H groups in total. The maximum absolute atomic E-state index is 14.7. The monoisotopic (exact) mass is 802 g/mol. The van der Waals surface area contributed by atoms with Gasteiger partial charge in [-0.3, -0.25) is 0 Å². The van der Waals surface area contributed by atoms with Crippen molar-refractivity contribution < 1.29 is 55.6 Å². The van der Waals surface area contributed by atoms with Gasteiger partial charge in [0.2, 0.25) is 0 Å². The Bertz CT molecular complexity index is 2420. The predicted molar refractivity (Wildman–Crippen MR) is 202 cm³/mol. The summed E-state index contributed by atoms with van der Waals surface area (Å²) in [6.45, 7) is -1.43. The molecule has 0 saturated heterocycles. The van der Waals surface area contributed by atoms with E-state index in [1.54, 1.807) is 24.3 Å². The summed E-state index contributed by atoms with van der Waals surface area (Å²) in [5, 5.41) is 23.5. The fourth-order valence-electron chi connectivity index (χ4n) is 5.62. The van der Waals surface area contributed by atoms with Crippen LogP contribution >= 0.6 is 0 Å². The lowest BCUT2D eigenvalue weighted by atomic mass is 9.96. The number of carboxylic acid groups (broad SMARTS) is 2. The van der Waals surface area contributed by atoms with Crippen LogP contribution in [0.1, 0.15) is 40.0 Å². The van der Waals surface area contributed by atoms with Crippen molar-refractivity contribution in [2.24, 2.45) is 0 Å². The first-order valence-corrected chi connectivity index (χ1v) is 17.5. The van der Waals surface area contributed by atoms with Crippen molar-refractivity contribution in [2.75, 3.05) is 17.2 Å². The number of halogens is 6. The molecule has 10 nitrogen and oxygen atoms in total. The molecule has 1 saturated carbocycles. The number of carboxylic acids is 2. The summed E-state index contributed by atoms with van der Waals surface area (Å²) >= 11 is 0. The number of pyridine rings is 2. The third kappa shape index (κ3) is 10.4. The predicted octanol–water partition coefficient (Wildman–Crippen LogP) is 10.7. The van der Waals surface area contributed by atoms with Crippen LogP contribution in [-0.2, 0) is 0 Å². The first-order chi connectivity index (χ1) is 27.7. The Hall–Kier alpha value is -7.10. The third-order valence-electron chi connectivity index (χ3n) is 8.68. The Kier molecular flexibility index (Phi) is 12.4. The maximum Gasteiger partial charge on any atom is 0.422 e. The van der Waals surface area contributed by atoms with Crippen LogP contribution in [0.25, 0.3) is 22.3 Å². The minimum absolute atomic E-state index is 0.000531. The van der Waals surface area contributed by atoms with Crippen molar-refractivity contribution >= 4 is 34.9 Å². The second kappa shape index (κ2) is 17.8. The highest BCUT2D eigenvalue weighted by Gasteiger charge is 2.28. The van der Waals surface area contributed by atoms with Gasteiger partial charge in [0.15, 0.2) is 6.61 Å². The summed E-state index contributed by atoms with van der Waals surface area (Å²) in [6.07, 6.45) is 1.62. The van der Waals surface area contributed by atoms with E-state index in [9.17, 15) is 41.0 Å². The number of hydrogen-bond acceptors (Lipinski definition) is 8. The summed E-state index contributed by atoms with van der Waals surface area (Å²) in [4.78, 5) is 30.3. The molecule has 7 rings (SSSR count). The zero-order valence-corrected chi connectivity index (χ0v) is 30.1. The van der Waals surface area contributed by atoms with Gasteiger partial charge in [0, 0.05) is 12.4 Å². The zero-order valence-electron chi connectivity index (χ0n) is 30.1. The van der Waals surface area contributed by atoms with Crippen molar-refractivity contribution in [3.63, 3.8) is 0 Å². The van der Waals surface area contributed by atoms with Crippen LogP contribution in [0, 0.1) is 17.5 Å². The van der Waals surface area contributed by atoms with Crippen LogP contribution in [0.5, 0.6) is 11.5 Å². The number of hydrogen-bond donors (Lipinski definition) is 4. The van der Waals surface area contributed by atoms with E-state index >= 15 is 0 Å². The Morgan fingerprint density at radius 3 is 1.74 bits per heavy atom. The number of carbonyl (C=O) groups is 2. The minimum Gasteiger partial charge on any atom is -0.490 e. The fraction of sp³-hybridized carbons (Fsp3) is 0.143. The first-order valence-electron chi connectivity index (χ1n) is 17.5. The Morgan fingerprint density at radius 1 is 0.655 bits per heavy atom. The largest absolute Gasteiger partial charge is 0.490 e. The van der Waals surface area contributed by atoms with Crippen LogP contribution < -0.4 is 20.1 Å².